The number of benzene rings is 1. The van der Waals surface area contributed by atoms with Crippen molar-refractivity contribution in [3.8, 4) is 11.5 Å². The fourth-order valence-electron chi connectivity index (χ4n) is 1.97. The molecule has 1 aromatic rings. The van der Waals surface area contributed by atoms with Gasteiger partial charge in [0.25, 0.3) is 0 Å². The van der Waals surface area contributed by atoms with Crippen molar-refractivity contribution < 1.29 is 38.1 Å². The molecule has 0 radical (unpaired) electrons. The first-order valence-corrected chi connectivity index (χ1v) is 9.65. The van der Waals surface area contributed by atoms with E-state index >= 15 is 0 Å². The molecule has 0 saturated heterocycles. The lowest BCUT2D eigenvalue weighted by Crippen LogP contribution is -2.46. The molecule has 0 unspecified atom stereocenters. The van der Waals surface area contributed by atoms with Crippen LogP contribution in [0.25, 0.3) is 0 Å². The fourth-order valence-corrected chi connectivity index (χ4v) is 1.97. The van der Waals surface area contributed by atoms with E-state index < -0.39 is 35.9 Å². The highest BCUT2D eigenvalue weighted by Crippen LogP contribution is 2.17. The molecular formula is C22H31NO8. The molecule has 9 nitrogen and oxygen atoms in total. The lowest BCUT2D eigenvalue weighted by Gasteiger charge is -2.28. The van der Waals surface area contributed by atoms with Crippen molar-refractivity contribution in [1.29, 1.82) is 0 Å². The number of amides is 2. The Morgan fingerprint density at radius 3 is 1.81 bits per heavy atom. The van der Waals surface area contributed by atoms with Crippen molar-refractivity contribution in [2.24, 2.45) is 0 Å². The number of hydrogen-bond acceptors (Lipinski definition) is 8. The second-order valence-corrected chi connectivity index (χ2v) is 8.40. The van der Waals surface area contributed by atoms with Gasteiger partial charge in [-0.25, -0.2) is 14.5 Å². The van der Waals surface area contributed by atoms with Crippen LogP contribution in [0.15, 0.2) is 36.6 Å². The predicted octanol–water partition coefficient (Wildman–Crippen LogP) is 4.30. The Bertz CT molecular complexity index is 744. The first-order valence-electron chi connectivity index (χ1n) is 9.65. The Hall–Kier alpha value is -3.23. The summed E-state index contributed by atoms with van der Waals surface area (Å²) in [4.78, 5) is 37.4. The van der Waals surface area contributed by atoms with E-state index in [0.717, 1.165) is 0 Å². The maximum atomic E-state index is 12.4. The maximum Gasteiger partial charge on any atom is 0.420 e. The van der Waals surface area contributed by atoms with Gasteiger partial charge in [0.15, 0.2) is 0 Å². The number of carbonyl (C=O) groups excluding carboxylic acids is 3. The van der Waals surface area contributed by atoms with Gasteiger partial charge in [0, 0.05) is 0 Å². The predicted molar refractivity (Wildman–Crippen MR) is 113 cm³/mol. The molecule has 0 fully saturated rings. The summed E-state index contributed by atoms with van der Waals surface area (Å²) in [5.41, 5.74) is -1.72. The zero-order valence-electron chi connectivity index (χ0n) is 19.1. The van der Waals surface area contributed by atoms with Gasteiger partial charge in [0.05, 0.1) is 13.4 Å². The van der Waals surface area contributed by atoms with Crippen molar-refractivity contribution in [2.45, 2.75) is 52.7 Å². The van der Waals surface area contributed by atoms with Crippen LogP contribution >= 0.6 is 0 Å². The first-order chi connectivity index (χ1) is 14.3. The summed E-state index contributed by atoms with van der Waals surface area (Å²) in [6, 6.07) is 6.92. The Labute approximate surface area is 182 Å². The Morgan fingerprint density at radius 2 is 1.35 bits per heavy atom. The van der Waals surface area contributed by atoms with Crippen LogP contribution < -0.4 is 9.47 Å². The van der Waals surface area contributed by atoms with E-state index in [2.05, 4.69) is 0 Å². The molecule has 1 aromatic carbocycles. The molecule has 0 saturated carbocycles. The van der Waals surface area contributed by atoms with Crippen LogP contribution in [-0.4, -0.2) is 54.5 Å². The third-order valence-corrected chi connectivity index (χ3v) is 3.22. The maximum absolute atomic E-state index is 12.4. The van der Waals surface area contributed by atoms with Gasteiger partial charge in [-0.15, -0.1) is 0 Å². The molecule has 0 aliphatic rings. The average molecular weight is 437 g/mol. The lowest BCUT2D eigenvalue weighted by atomic mass is 10.2. The third-order valence-electron chi connectivity index (χ3n) is 3.22. The molecule has 1 rings (SSSR count). The molecule has 0 bridgehead atoms. The van der Waals surface area contributed by atoms with E-state index in [1.165, 1.54) is 12.3 Å². The van der Waals surface area contributed by atoms with Gasteiger partial charge in [0.1, 0.15) is 35.9 Å². The summed E-state index contributed by atoms with van der Waals surface area (Å²) in [6.07, 6.45) is 0.816. The first kappa shape index (κ1) is 25.8. The molecule has 0 heterocycles. The monoisotopic (exact) mass is 437 g/mol. The van der Waals surface area contributed by atoms with Gasteiger partial charge < -0.3 is 23.7 Å². The minimum absolute atomic E-state index is 0.120. The average Bonchev–Trinajstić information content (AvgIpc) is 2.63. The van der Waals surface area contributed by atoms with Crippen molar-refractivity contribution in [3.63, 3.8) is 0 Å². The molecule has 172 valence electrons. The van der Waals surface area contributed by atoms with Gasteiger partial charge in [-0.3, -0.25) is 4.79 Å². The van der Waals surface area contributed by atoms with Gasteiger partial charge in [0.2, 0.25) is 0 Å². The quantitative estimate of drug-likeness (QED) is 0.353. The summed E-state index contributed by atoms with van der Waals surface area (Å²) < 4.78 is 25.8. The largest absolute Gasteiger partial charge is 0.497 e. The Kier molecular flexibility index (Phi) is 9.36. The van der Waals surface area contributed by atoms with E-state index in [9.17, 15) is 14.4 Å². The van der Waals surface area contributed by atoms with E-state index in [0.29, 0.717) is 16.4 Å². The Morgan fingerprint density at radius 1 is 0.871 bits per heavy atom. The summed E-state index contributed by atoms with van der Waals surface area (Å²) >= 11 is 0. The minimum atomic E-state index is -1.00. The number of ether oxygens (including phenoxy) is 5. The highest BCUT2D eigenvalue weighted by molar-refractivity contribution is 5.92. The topological polar surface area (TPSA) is 101 Å². The molecule has 0 aliphatic heterocycles. The van der Waals surface area contributed by atoms with Crippen molar-refractivity contribution >= 4 is 18.2 Å². The van der Waals surface area contributed by atoms with E-state index in [1.807, 2.05) is 0 Å². The summed E-state index contributed by atoms with van der Waals surface area (Å²) in [7, 11) is 1.57. The van der Waals surface area contributed by atoms with Crippen molar-refractivity contribution in [1.82, 2.24) is 4.90 Å². The normalized spacial score (nSPS) is 11.6. The van der Waals surface area contributed by atoms with Crippen LogP contribution in [0.3, 0.4) is 0 Å². The summed E-state index contributed by atoms with van der Waals surface area (Å²) in [6.45, 7) is 9.08. The zero-order chi connectivity index (χ0) is 23.7. The standard InChI is InChI=1S/C22H31NO8/c1-21(2,3)30-19(25)23(20(26)31-22(4,5)6)15-18(24)29-14-8-13-28-17-11-9-16(27-7)10-12-17/h8-13H,14-15H2,1-7H3/b13-8+. The third kappa shape index (κ3) is 10.9. The van der Waals surface area contributed by atoms with Crippen LogP contribution in [0.5, 0.6) is 11.5 Å². The zero-order valence-corrected chi connectivity index (χ0v) is 19.1. The number of carbonyl (C=O) groups is 3. The van der Waals surface area contributed by atoms with E-state index in [4.69, 9.17) is 23.7 Å². The van der Waals surface area contributed by atoms with Gasteiger partial charge in [-0.1, -0.05) is 0 Å². The number of methoxy groups -OCH3 is 1. The second kappa shape index (κ2) is 11.2. The minimum Gasteiger partial charge on any atom is -0.497 e. The molecular weight excluding hydrogens is 406 g/mol. The number of hydrogen-bond donors (Lipinski definition) is 0. The molecule has 0 aromatic heterocycles. The molecule has 9 heteroatoms. The SMILES string of the molecule is COc1ccc(O/C=C/COC(=O)CN(C(=O)OC(C)(C)C)C(=O)OC(C)(C)C)cc1. The Balaban J connectivity index is 2.62. The lowest BCUT2D eigenvalue weighted by molar-refractivity contribution is -0.143. The van der Waals surface area contributed by atoms with Gasteiger partial charge in [-0.2, -0.15) is 0 Å². The van der Waals surface area contributed by atoms with Crippen LogP contribution in [0.1, 0.15) is 41.5 Å². The molecule has 2 amide bonds. The van der Waals surface area contributed by atoms with Crippen molar-refractivity contribution in [2.75, 3.05) is 20.3 Å². The van der Waals surface area contributed by atoms with Crippen LogP contribution in [0.2, 0.25) is 0 Å². The molecule has 0 spiro atoms. The number of imide groups is 1. The number of rotatable bonds is 7. The van der Waals surface area contributed by atoms with Gasteiger partial charge >= 0.3 is 18.2 Å². The second-order valence-electron chi connectivity index (χ2n) is 8.40. The van der Waals surface area contributed by atoms with Gasteiger partial charge in [-0.05, 0) is 71.9 Å². The fraction of sp³-hybridized carbons (Fsp3) is 0.500. The van der Waals surface area contributed by atoms with E-state index in [1.54, 1.807) is 72.9 Å². The molecule has 31 heavy (non-hydrogen) atoms. The molecule has 0 aliphatic carbocycles. The van der Waals surface area contributed by atoms with Crippen LogP contribution in [-0.2, 0) is 19.0 Å². The van der Waals surface area contributed by atoms with Crippen LogP contribution in [0, 0.1) is 0 Å². The molecule has 0 atom stereocenters. The highest BCUT2D eigenvalue weighted by atomic mass is 16.6. The van der Waals surface area contributed by atoms with Crippen molar-refractivity contribution in [3.05, 3.63) is 36.6 Å². The number of esters is 1. The summed E-state index contributed by atoms with van der Waals surface area (Å²) in [5.74, 6) is 0.458. The smallest absolute Gasteiger partial charge is 0.420 e. The highest BCUT2D eigenvalue weighted by Gasteiger charge is 2.33. The molecule has 0 N–H and O–H groups in total. The number of nitrogens with zero attached hydrogens (tertiary/aromatic N) is 1. The van der Waals surface area contributed by atoms with E-state index in [-0.39, 0.29) is 6.61 Å². The van der Waals surface area contributed by atoms with Crippen LogP contribution in [0.4, 0.5) is 9.59 Å². The summed E-state index contributed by atoms with van der Waals surface area (Å²) in [5, 5.41) is 0.